The molecule has 0 aliphatic carbocycles. The number of ether oxygens (including phenoxy) is 1. The summed E-state index contributed by atoms with van der Waals surface area (Å²) in [6.45, 7) is 1.33. The summed E-state index contributed by atoms with van der Waals surface area (Å²) in [5, 5.41) is 15.6. The lowest BCUT2D eigenvalue weighted by atomic mass is 10.1. The Labute approximate surface area is 161 Å². The normalized spacial score (nSPS) is 13.7. The van der Waals surface area contributed by atoms with Crippen molar-refractivity contribution >= 4 is 34.1 Å². The number of hydrogen-bond donors (Lipinski definition) is 2. The van der Waals surface area contributed by atoms with Crippen molar-refractivity contribution in [3.8, 4) is 0 Å². The lowest BCUT2D eigenvalue weighted by Crippen LogP contribution is -2.24. The number of amides is 1. The molecular weight excluding hydrogens is 360 g/mol. The minimum absolute atomic E-state index is 0.0564. The Balaban J connectivity index is 1.45. The highest BCUT2D eigenvalue weighted by Crippen LogP contribution is 2.32. The predicted octanol–water partition coefficient (Wildman–Crippen LogP) is 4.08. The summed E-state index contributed by atoms with van der Waals surface area (Å²) in [7, 11) is 0. The number of fused-ring (bicyclic) bond motifs is 1. The van der Waals surface area contributed by atoms with Gasteiger partial charge in [0, 0.05) is 35.8 Å². The van der Waals surface area contributed by atoms with Gasteiger partial charge < -0.3 is 15.0 Å². The van der Waals surface area contributed by atoms with Crippen LogP contribution in [0.15, 0.2) is 48.7 Å². The summed E-state index contributed by atoms with van der Waals surface area (Å²) < 4.78 is 4.98. The maximum Gasteiger partial charge on any atom is 0.414 e. The third-order valence-corrected chi connectivity index (χ3v) is 4.86. The van der Waals surface area contributed by atoms with Gasteiger partial charge in [-0.25, -0.2) is 4.79 Å². The van der Waals surface area contributed by atoms with Crippen LogP contribution in [0, 0.1) is 10.1 Å². The van der Waals surface area contributed by atoms with Gasteiger partial charge in [-0.15, -0.1) is 0 Å². The van der Waals surface area contributed by atoms with Gasteiger partial charge in [0.2, 0.25) is 0 Å². The van der Waals surface area contributed by atoms with Gasteiger partial charge in [-0.3, -0.25) is 15.0 Å². The number of hydrogen-bond acceptors (Lipinski definition) is 5. The maximum atomic E-state index is 11.9. The van der Waals surface area contributed by atoms with Crippen LogP contribution in [0.25, 0.3) is 10.9 Å². The predicted molar refractivity (Wildman–Crippen MR) is 107 cm³/mol. The van der Waals surface area contributed by atoms with Crippen LogP contribution in [0.3, 0.4) is 0 Å². The van der Waals surface area contributed by atoms with Crippen molar-refractivity contribution < 1.29 is 14.5 Å². The fourth-order valence-electron chi connectivity index (χ4n) is 3.46. The summed E-state index contributed by atoms with van der Waals surface area (Å²) in [4.78, 5) is 27.3. The quantitative estimate of drug-likeness (QED) is 0.365. The first-order valence-electron chi connectivity index (χ1n) is 9.15. The summed E-state index contributed by atoms with van der Waals surface area (Å²) in [5.41, 5.74) is 3.48. The Bertz CT molecular complexity index is 1030. The number of para-hydroxylation sites is 1. The van der Waals surface area contributed by atoms with E-state index >= 15 is 0 Å². The maximum absolute atomic E-state index is 11.9. The molecule has 144 valence electrons. The zero-order chi connectivity index (χ0) is 19.5. The summed E-state index contributed by atoms with van der Waals surface area (Å²) in [5.74, 6) is 0. The highest BCUT2D eigenvalue weighted by molar-refractivity contribution is 5.94. The molecule has 0 spiro atoms. The second kappa shape index (κ2) is 7.59. The van der Waals surface area contributed by atoms with E-state index in [1.54, 1.807) is 6.07 Å². The number of H-pyrrole nitrogens is 1. The Hall–Kier alpha value is -3.55. The van der Waals surface area contributed by atoms with E-state index in [0.717, 1.165) is 18.4 Å². The second-order valence-electron chi connectivity index (χ2n) is 6.61. The number of nitrogens with one attached hydrogen (secondary N) is 2. The van der Waals surface area contributed by atoms with Crippen molar-refractivity contribution in [3.05, 3.63) is 64.3 Å². The van der Waals surface area contributed by atoms with Crippen LogP contribution in [0.2, 0.25) is 0 Å². The van der Waals surface area contributed by atoms with E-state index < -0.39 is 11.0 Å². The number of aryl methyl sites for hydroxylation is 1. The van der Waals surface area contributed by atoms with Crippen molar-refractivity contribution in [1.82, 2.24) is 4.98 Å². The molecule has 0 saturated carbocycles. The highest BCUT2D eigenvalue weighted by atomic mass is 16.6. The molecule has 0 bridgehead atoms. The van der Waals surface area contributed by atoms with Crippen LogP contribution < -0.4 is 10.2 Å². The van der Waals surface area contributed by atoms with Gasteiger partial charge >= 0.3 is 6.09 Å². The third-order valence-electron chi connectivity index (χ3n) is 4.86. The number of carbonyl (C=O) groups is 1. The molecule has 1 fully saturated rings. The highest BCUT2D eigenvalue weighted by Gasteiger charge is 2.27. The zero-order valence-electron chi connectivity index (χ0n) is 15.2. The van der Waals surface area contributed by atoms with E-state index in [2.05, 4.69) is 22.4 Å². The van der Waals surface area contributed by atoms with Crippen molar-refractivity contribution in [2.45, 2.75) is 12.8 Å². The van der Waals surface area contributed by atoms with Gasteiger partial charge in [0.1, 0.15) is 6.61 Å². The number of aromatic nitrogens is 1. The number of carbonyl (C=O) groups excluding carboxylic acids is 1. The molecule has 0 radical (unpaired) electrons. The molecule has 28 heavy (non-hydrogen) atoms. The van der Waals surface area contributed by atoms with Crippen molar-refractivity contribution in [2.75, 3.05) is 29.9 Å². The molecule has 8 nitrogen and oxygen atoms in total. The monoisotopic (exact) mass is 380 g/mol. The van der Waals surface area contributed by atoms with E-state index in [4.69, 9.17) is 4.74 Å². The number of nitro benzene ring substituents is 1. The van der Waals surface area contributed by atoms with Gasteiger partial charge in [-0.1, -0.05) is 18.2 Å². The van der Waals surface area contributed by atoms with E-state index in [0.29, 0.717) is 24.5 Å². The molecule has 1 saturated heterocycles. The van der Waals surface area contributed by atoms with Gasteiger partial charge in [0.15, 0.2) is 0 Å². The van der Waals surface area contributed by atoms with E-state index in [9.17, 15) is 14.9 Å². The fourth-order valence-corrected chi connectivity index (χ4v) is 3.46. The van der Waals surface area contributed by atoms with Crippen LogP contribution in [-0.2, 0) is 11.2 Å². The standard InChI is InChI=1S/C20H20N4O4/c25-20-23(10-11-28-20)19-12-15(24(26)27)7-8-18(19)21-9-3-4-14-13-22-17-6-2-1-5-16(14)17/h1-2,5-8,12-13,21-22H,3-4,9-11H2. The molecule has 4 rings (SSSR count). The number of nitro groups is 1. The molecule has 8 heteroatoms. The molecule has 1 amide bonds. The first kappa shape index (κ1) is 17.8. The summed E-state index contributed by atoms with van der Waals surface area (Å²) in [6.07, 6.45) is 3.32. The third kappa shape index (κ3) is 3.48. The summed E-state index contributed by atoms with van der Waals surface area (Å²) >= 11 is 0. The van der Waals surface area contributed by atoms with E-state index in [-0.39, 0.29) is 12.3 Å². The SMILES string of the molecule is O=C1OCCN1c1cc([N+](=O)[O-])ccc1NCCCc1c[nH]c2ccccc12. The van der Waals surface area contributed by atoms with Crippen molar-refractivity contribution in [1.29, 1.82) is 0 Å². The Morgan fingerprint density at radius 3 is 2.89 bits per heavy atom. The molecular formula is C20H20N4O4. The minimum Gasteiger partial charge on any atom is -0.447 e. The van der Waals surface area contributed by atoms with Gasteiger partial charge in [-0.2, -0.15) is 0 Å². The average Bonchev–Trinajstić information content (AvgIpc) is 3.31. The molecule has 2 aromatic carbocycles. The first-order valence-corrected chi connectivity index (χ1v) is 9.15. The van der Waals surface area contributed by atoms with E-state index in [1.165, 1.54) is 28.0 Å². The molecule has 1 aromatic heterocycles. The number of benzene rings is 2. The molecule has 0 atom stereocenters. The topological polar surface area (TPSA) is 100 Å². The zero-order valence-corrected chi connectivity index (χ0v) is 15.2. The number of aromatic amines is 1. The molecule has 3 aromatic rings. The Morgan fingerprint density at radius 1 is 1.25 bits per heavy atom. The van der Waals surface area contributed by atoms with Crippen LogP contribution in [0.1, 0.15) is 12.0 Å². The molecule has 1 aliphatic rings. The van der Waals surface area contributed by atoms with Crippen LogP contribution in [-0.4, -0.2) is 35.7 Å². The smallest absolute Gasteiger partial charge is 0.414 e. The Morgan fingerprint density at radius 2 is 2.11 bits per heavy atom. The number of non-ortho nitro benzene ring substituents is 1. The van der Waals surface area contributed by atoms with Gasteiger partial charge in [0.05, 0.1) is 22.8 Å². The van der Waals surface area contributed by atoms with E-state index in [1.807, 2.05) is 18.3 Å². The second-order valence-corrected chi connectivity index (χ2v) is 6.61. The molecule has 0 unspecified atom stereocenters. The van der Waals surface area contributed by atoms with Gasteiger partial charge in [-0.05, 0) is 30.5 Å². The Kier molecular flexibility index (Phi) is 4.84. The molecule has 1 aliphatic heterocycles. The van der Waals surface area contributed by atoms with Crippen molar-refractivity contribution in [2.24, 2.45) is 0 Å². The molecule has 2 N–H and O–H groups in total. The van der Waals surface area contributed by atoms with Crippen LogP contribution >= 0.6 is 0 Å². The largest absolute Gasteiger partial charge is 0.447 e. The van der Waals surface area contributed by atoms with Crippen molar-refractivity contribution in [3.63, 3.8) is 0 Å². The number of cyclic esters (lactones) is 1. The number of anilines is 2. The lowest BCUT2D eigenvalue weighted by Gasteiger charge is -2.18. The average molecular weight is 380 g/mol. The lowest BCUT2D eigenvalue weighted by molar-refractivity contribution is -0.384. The van der Waals surface area contributed by atoms with Gasteiger partial charge in [0.25, 0.3) is 5.69 Å². The fraction of sp³-hybridized carbons (Fsp3) is 0.250. The molecule has 2 heterocycles. The summed E-state index contributed by atoms with van der Waals surface area (Å²) in [6, 6.07) is 12.7. The van der Waals surface area contributed by atoms with Crippen LogP contribution in [0.5, 0.6) is 0 Å². The first-order chi connectivity index (χ1) is 13.6. The number of rotatable bonds is 7. The number of nitrogens with zero attached hydrogens (tertiary/aromatic N) is 2. The minimum atomic E-state index is -0.484. The van der Waals surface area contributed by atoms with Crippen LogP contribution in [0.4, 0.5) is 21.9 Å².